The second-order valence-electron chi connectivity index (χ2n) is 6.44. The number of nitrogen functional groups attached to an aromatic ring is 1. The summed E-state index contributed by atoms with van der Waals surface area (Å²) in [5.74, 6) is 0.271. The molecule has 0 bridgehead atoms. The molecular weight excluding hydrogens is 374 g/mol. The number of aromatic nitrogens is 3. The maximum atomic E-state index is 12.4. The third-order valence-electron chi connectivity index (χ3n) is 4.08. The standard InChI is InChI=1S/C20H23N5O2S/c1-4-5-14-10-16(28-13(14)3)18(26)27-11-17-23-19(21)25-20(24-17)22-15-8-6-12(2)7-9-15/h6-10H,4-5,11H2,1-3H3,(H3,21,22,23,24,25). The summed E-state index contributed by atoms with van der Waals surface area (Å²) in [5.41, 5.74) is 8.94. The zero-order chi connectivity index (χ0) is 20.1. The van der Waals surface area contributed by atoms with E-state index in [2.05, 4.69) is 27.2 Å². The number of anilines is 3. The molecule has 3 aromatic rings. The molecule has 0 spiro atoms. The van der Waals surface area contributed by atoms with Gasteiger partial charge < -0.3 is 15.8 Å². The highest BCUT2D eigenvalue weighted by Gasteiger charge is 2.15. The van der Waals surface area contributed by atoms with Crippen LogP contribution in [-0.2, 0) is 17.8 Å². The largest absolute Gasteiger partial charge is 0.453 e. The lowest BCUT2D eigenvalue weighted by molar-refractivity contribution is 0.0468. The molecule has 0 saturated heterocycles. The number of esters is 1. The third-order valence-corrected chi connectivity index (χ3v) is 5.15. The Balaban J connectivity index is 1.67. The normalized spacial score (nSPS) is 10.7. The fraction of sp³-hybridized carbons (Fsp3) is 0.300. The van der Waals surface area contributed by atoms with E-state index in [0.29, 0.717) is 10.8 Å². The molecule has 3 rings (SSSR count). The number of carbonyl (C=O) groups excluding carboxylic acids is 1. The minimum absolute atomic E-state index is 0.0628. The van der Waals surface area contributed by atoms with Gasteiger partial charge in [-0.25, -0.2) is 4.79 Å². The molecule has 2 heterocycles. The molecule has 0 unspecified atom stereocenters. The smallest absolute Gasteiger partial charge is 0.348 e. The van der Waals surface area contributed by atoms with Crippen LogP contribution in [0.15, 0.2) is 30.3 Å². The fourth-order valence-electron chi connectivity index (χ4n) is 2.66. The molecule has 0 atom stereocenters. The predicted molar refractivity (Wildman–Crippen MR) is 111 cm³/mol. The quantitative estimate of drug-likeness (QED) is 0.576. The molecule has 1 aromatic carbocycles. The van der Waals surface area contributed by atoms with Gasteiger partial charge in [0, 0.05) is 10.6 Å². The van der Waals surface area contributed by atoms with Crippen LogP contribution in [0.5, 0.6) is 0 Å². The van der Waals surface area contributed by atoms with Gasteiger partial charge in [0.2, 0.25) is 11.9 Å². The average Bonchev–Trinajstić information content (AvgIpc) is 3.02. The van der Waals surface area contributed by atoms with Gasteiger partial charge in [0.05, 0.1) is 0 Å². The van der Waals surface area contributed by atoms with Crippen LogP contribution >= 0.6 is 11.3 Å². The minimum atomic E-state index is -0.387. The SMILES string of the molecule is CCCc1cc(C(=O)OCc2nc(N)nc(Nc3ccc(C)cc3)n2)sc1C. The number of benzene rings is 1. The second kappa shape index (κ2) is 8.79. The van der Waals surface area contributed by atoms with Gasteiger partial charge in [-0.1, -0.05) is 31.0 Å². The number of hydrogen-bond acceptors (Lipinski definition) is 8. The second-order valence-corrected chi connectivity index (χ2v) is 7.70. The molecule has 0 aliphatic carbocycles. The summed E-state index contributed by atoms with van der Waals surface area (Å²) < 4.78 is 5.37. The Morgan fingerprint density at radius 1 is 1.18 bits per heavy atom. The van der Waals surface area contributed by atoms with Crippen molar-refractivity contribution in [2.24, 2.45) is 0 Å². The van der Waals surface area contributed by atoms with E-state index in [9.17, 15) is 4.79 Å². The van der Waals surface area contributed by atoms with E-state index in [1.54, 1.807) is 0 Å². The Hall–Kier alpha value is -3.00. The van der Waals surface area contributed by atoms with Crippen molar-refractivity contribution < 1.29 is 9.53 Å². The molecule has 0 radical (unpaired) electrons. The summed E-state index contributed by atoms with van der Waals surface area (Å²) >= 11 is 1.44. The molecule has 0 fully saturated rings. The fourth-order valence-corrected chi connectivity index (χ4v) is 3.63. The summed E-state index contributed by atoms with van der Waals surface area (Å²) in [4.78, 5) is 26.5. The van der Waals surface area contributed by atoms with Crippen molar-refractivity contribution in [3.8, 4) is 0 Å². The van der Waals surface area contributed by atoms with E-state index in [1.165, 1.54) is 16.9 Å². The summed E-state index contributed by atoms with van der Waals surface area (Å²) in [5, 5.41) is 3.08. The van der Waals surface area contributed by atoms with Crippen LogP contribution in [0.1, 0.15) is 44.8 Å². The molecule has 146 valence electrons. The maximum absolute atomic E-state index is 12.4. The number of carbonyl (C=O) groups is 1. The van der Waals surface area contributed by atoms with Gasteiger partial charge in [-0.15, -0.1) is 11.3 Å². The van der Waals surface area contributed by atoms with E-state index in [1.807, 2.05) is 44.2 Å². The van der Waals surface area contributed by atoms with E-state index < -0.39 is 0 Å². The number of thiophene rings is 1. The van der Waals surface area contributed by atoms with E-state index in [0.717, 1.165) is 29.0 Å². The molecule has 7 nitrogen and oxygen atoms in total. The maximum Gasteiger partial charge on any atom is 0.348 e. The highest BCUT2D eigenvalue weighted by molar-refractivity contribution is 7.14. The Labute approximate surface area is 168 Å². The lowest BCUT2D eigenvalue weighted by atomic mass is 10.1. The highest BCUT2D eigenvalue weighted by atomic mass is 32.1. The molecule has 2 aromatic heterocycles. The highest BCUT2D eigenvalue weighted by Crippen LogP contribution is 2.24. The molecule has 0 saturated carbocycles. The van der Waals surface area contributed by atoms with Crippen molar-refractivity contribution >= 4 is 34.9 Å². The summed E-state index contributed by atoms with van der Waals surface area (Å²) in [7, 11) is 0. The Morgan fingerprint density at radius 3 is 2.64 bits per heavy atom. The van der Waals surface area contributed by atoms with Crippen LogP contribution in [0.25, 0.3) is 0 Å². The van der Waals surface area contributed by atoms with Gasteiger partial charge in [-0.05, 0) is 44.0 Å². The number of rotatable bonds is 7. The van der Waals surface area contributed by atoms with Crippen LogP contribution < -0.4 is 11.1 Å². The Bertz CT molecular complexity index is 969. The van der Waals surface area contributed by atoms with Crippen molar-refractivity contribution in [3.05, 3.63) is 57.0 Å². The van der Waals surface area contributed by atoms with Crippen molar-refractivity contribution in [2.75, 3.05) is 11.1 Å². The monoisotopic (exact) mass is 397 g/mol. The zero-order valence-electron chi connectivity index (χ0n) is 16.2. The van der Waals surface area contributed by atoms with Gasteiger partial charge in [0.1, 0.15) is 4.88 Å². The topological polar surface area (TPSA) is 103 Å². The first-order valence-corrected chi connectivity index (χ1v) is 9.86. The van der Waals surface area contributed by atoms with Crippen molar-refractivity contribution in [1.82, 2.24) is 15.0 Å². The number of nitrogens with two attached hydrogens (primary N) is 1. The molecule has 28 heavy (non-hydrogen) atoms. The number of aryl methyl sites for hydroxylation is 3. The lowest BCUT2D eigenvalue weighted by Gasteiger charge is -2.08. The molecule has 8 heteroatoms. The number of ether oxygens (including phenoxy) is 1. The Morgan fingerprint density at radius 2 is 1.93 bits per heavy atom. The summed E-state index contributed by atoms with van der Waals surface area (Å²) in [6.45, 7) is 6.07. The van der Waals surface area contributed by atoms with Crippen LogP contribution in [-0.4, -0.2) is 20.9 Å². The van der Waals surface area contributed by atoms with Crippen LogP contribution in [0, 0.1) is 13.8 Å². The van der Waals surface area contributed by atoms with Crippen LogP contribution in [0.3, 0.4) is 0 Å². The van der Waals surface area contributed by atoms with Crippen molar-refractivity contribution in [1.29, 1.82) is 0 Å². The lowest BCUT2D eigenvalue weighted by Crippen LogP contribution is -2.10. The van der Waals surface area contributed by atoms with Gasteiger partial charge in [0.15, 0.2) is 12.4 Å². The Kier molecular flexibility index (Phi) is 6.20. The molecule has 0 aliphatic heterocycles. The minimum Gasteiger partial charge on any atom is -0.453 e. The summed E-state index contributed by atoms with van der Waals surface area (Å²) in [6, 6.07) is 9.69. The first-order chi connectivity index (χ1) is 13.4. The van der Waals surface area contributed by atoms with Gasteiger partial charge in [-0.3, -0.25) is 0 Å². The van der Waals surface area contributed by atoms with Crippen molar-refractivity contribution in [3.63, 3.8) is 0 Å². The molecular formula is C20H23N5O2S. The first kappa shape index (κ1) is 19.8. The first-order valence-electron chi connectivity index (χ1n) is 9.05. The molecule has 3 N–H and O–H groups in total. The van der Waals surface area contributed by atoms with Gasteiger partial charge in [0.25, 0.3) is 0 Å². The molecule has 0 amide bonds. The third kappa shape index (κ3) is 5.04. The van der Waals surface area contributed by atoms with Crippen LogP contribution in [0.4, 0.5) is 17.6 Å². The summed E-state index contributed by atoms with van der Waals surface area (Å²) in [6.07, 6.45) is 1.99. The molecule has 0 aliphatic rings. The van der Waals surface area contributed by atoms with Crippen LogP contribution in [0.2, 0.25) is 0 Å². The van der Waals surface area contributed by atoms with Crippen molar-refractivity contribution in [2.45, 2.75) is 40.2 Å². The number of hydrogen-bond donors (Lipinski definition) is 2. The van der Waals surface area contributed by atoms with Gasteiger partial charge in [-0.2, -0.15) is 15.0 Å². The predicted octanol–water partition coefficient (Wildman–Crippen LogP) is 4.19. The zero-order valence-corrected chi connectivity index (χ0v) is 17.0. The number of nitrogens with zero attached hydrogens (tertiary/aromatic N) is 3. The number of nitrogens with one attached hydrogen (secondary N) is 1. The van der Waals surface area contributed by atoms with E-state index >= 15 is 0 Å². The van der Waals surface area contributed by atoms with E-state index in [-0.39, 0.29) is 24.3 Å². The van der Waals surface area contributed by atoms with Gasteiger partial charge >= 0.3 is 5.97 Å². The van der Waals surface area contributed by atoms with E-state index in [4.69, 9.17) is 10.5 Å². The average molecular weight is 398 g/mol.